The lowest BCUT2D eigenvalue weighted by Crippen LogP contribution is -1.92. The smallest absolute Gasteiger partial charge is 0.284 e. The van der Waals surface area contributed by atoms with Crippen LogP contribution in [0.2, 0.25) is 0 Å². The molecule has 0 amide bonds. The van der Waals surface area contributed by atoms with Crippen molar-refractivity contribution < 1.29 is 19.0 Å². The summed E-state index contributed by atoms with van der Waals surface area (Å²) in [5.41, 5.74) is -0.689. The van der Waals surface area contributed by atoms with Crippen LogP contribution in [0.4, 0.5) is 8.78 Å². The third kappa shape index (κ3) is 1.30. The van der Waals surface area contributed by atoms with Crippen molar-refractivity contribution in [3.8, 4) is 11.5 Å². The molecule has 0 aliphatic heterocycles. The minimum absolute atomic E-state index is 0.0142. The molecule has 0 radical (unpaired) electrons. The molecular weight excluding hydrogens is 168 g/mol. The Balaban J connectivity index is 3.27. The zero-order valence-corrected chi connectivity index (χ0v) is 6.25. The number of hydrogen-bond donors (Lipinski definition) is 2. The van der Waals surface area contributed by atoms with Gasteiger partial charge in [0.25, 0.3) is 6.43 Å². The van der Waals surface area contributed by atoms with Gasteiger partial charge in [-0.15, -0.1) is 0 Å². The van der Waals surface area contributed by atoms with Crippen LogP contribution in [0.25, 0.3) is 0 Å². The second-order valence-electron chi connectivity index (χ2n) is 2.30. The highest BCUT2D eigenvalue weighted by Gasteiger charge is 2.17. The van der Waals surface area contributed by atoms with Crippen molar-refractivity contribution in [2.75, 3.05) is 0 Å². The molecule has 0 fully saturated rings. The van der Waals surface area contributed by atoms with Crippen molar-refractivity contribution in [2.24, 2.45) is 0 Å². The second-order valence-corrected chi connectivity index (χ2v) is 2.30. The van der Waals surface area contributed by atoms with Crippen LogP contribution in [0, 0.1) is 6.92 Å². The van der Waals surface area contributed by atoms with E-state index in [-0.39, 0.29) is 11.3 Å². The Bertz CT molecular complexity index is 302. The molecule has 0 saturated carbocycles. The number of rotatable bonds is 1. The van der Waals surface area contributed by atoms with Gasteiger partial charge in [0.1, 0.15) is 17.2 Å². The molecule has 66 valence electrons. The average molecular weight is 175 g/mol. The fraction of sp³-hybridized carbons (Fsp3) is 0.286. The standard InChI is InChI=1S/C7H7F2NO2/c1-3-4(11)2-10-5(6(3)12)7(8)9/h2,7,11-12H,1H3. The molecule has 0 unspecified atom stereocenters. The maximum absolute atomic E-state index is 12.0. The molecule has 0 atom stereocenters. The van der Waals surface area contributed by atoms with Gasteiger partial charge in [-0.3, -0.25) is 0 Å². The first-order chi connectivity index (χ1) is 5.54. The summed E-state index contributed by atoms with van der Waals surface area (Å²) in [7, 11) is 0. The molecule has 0 aromatic carbocycles. The van der Waals surface area contributed by atoms with Gasteiger partial charge in [-0.2, -0.15) is 0 Å². The van der Waals surface area contributed by atoms with E-state index in [1.165, 1.54) is 6.92 Å². The van der Waals surface area contributed by atoms with E-state index in [1.54, 1.807) is 0 Å². The van der Waals surface area contributed by atoms with E-state index in [2.05, 4.69) is 4.98 Å². The Morgan fingerprint density at radius 3 is 2.50 bits per heavy atom. The zero-order chi connectivity index (χ0) is 9.30. The van der Waals surface area contributed by atoms with Gasteiger partial charge in [0.15, 0.2) is 0 Å². The SMILES string of the molecule is Cc1c(O)cnc(C(F)F)c1O. The van der Waals surface area contributed by atoms with Crippen molar-refractivity contribution in [2.45, 2.75) is 13.3 Å². The average Bonchev–Trinajstić information content (AvgIpc) is 2.00. The number of alkyl halides is 2. The first-order valence-corrected chi connectivity index (χ1v) is 3.19. The van der Waals surface area contributed by atoms with Gasteiger partial charge in [0, 0.05) is 5.56 Å². The van der Waals surface area contributed by atoms with Crippen LogP contribution in [0.15, 0.2) is 6.20 Å². The summed E-state index contributed by atoms with van der Waals surface area (Å²) in [6.07, 6.45) is -1.94. The molecule has 3 nitrogen and oxygen atoms in total. The van der Waals surface area contributed by atoms with Gasteiger partial charge in [0.05, 0.1) is 6.20 Å². The Hall–Kier alpha value is -1.39. The molecule has 1 heterocycles. The highest BCUT2D eigenvalue weighted by molar-refractivity contribution is 5.43. The van der Waals surface area contributed by atoms with Crippen LogP contribution in [0.3, 0.4) is 0 Å². The summed E-state index contributed by atoms with van der Waals surface area (Å²) < 4.78 is 24.1. The normalized spacial score (nSPS) is 10.7. The second kappa shape index (κ2) is 2.92. The van der Waals surface area contributed by atoms with Crippen molar-refractivity contribution in [3.05, 3.63) is 17.5 Å². The topological polar surface area (TPSA) is 53.4 Å². The lowest BCUT2D eigenvalue weighted by Gasteiger charge is -2.05. The maximum Gasteiger partial charge on any atom is 0.284 e. The van der Waals surface area contributed by atoms with Crippen LogP contribution in [0.1, 0.15) is 17.7 Å². The number of nitrogens with zero attached hydrogens (tertiary/aromatic N) is 1. The van der Waals surface area contributed by atoms with E-state index < -0.39 is 17.9 Å². The van der Waals surface area contributed by atoms with Crippen molar-refractivity contribution >= 4 is 0 Å². The van der Waals surface area contributed by atoms with Crippen LogP contribution in [0.5, 0.6) is 11.5 Å². The number of hydrogen-bond acceptors (Lipinski definition) is 3. The zero-order valence-electron chi connectivity index (χ0n) is 6.25. The van der Waals surface area contributed by atoms with Gasteiger partial charge >= 0.3 is 0 Å². The van der Waals surface area contributed by atoms with Crippen molar-refractivity contribution in [1.29, 1.82) is 0 Å². The minimum Gasteiger partial charge on any atom is -0.506 e. The Labute approximate surface area is 67.3 Å². The molecule has 1 aromatic heterocycles. The third-order valence-corrected chi connectivity index (χ3v) is 1.51. The highest BCUT2D eigenvalue weighted by Crippen LogP contribution is 2.32. The van der Waals surface area contributed by atoms with Crippen LogP contribution in [-0.2, 0) is 0 Å². The molecule has 1 rings (SSSR count). The number of aromatic hydroxyl groups is 2. The van der Waals surface area contributed by atoms with Gasteiger partial charge < -0.3 is 10.2 Å². The van der Waals surface area contributed by atoms with Gasteiger partial charge in [-0.1, -0.05) is 0 Å². The van der Waals surface area contributed by atoms with Crippen molar-refractivity contribution in [3.63, 3.8) is 0 Å². The number of pyridine rings is 1. The summed E-state index contributed by atoms with van der Waals surface area (Å²) in [4.78, 5) is 3.19. The first kappa shape index (κ1) is 8.70. The molecule has 1 aromatic rings. The number of aromatic nitrogens is 1. The lowest BCUT2D eigenvalue weighted by atomic mass is 10.2. The molecule has 0 spiro atoms. The molecule has 0 aliphatic carbocycles. The fourth-order valence-electron chi connectivity index (χ4n) is 0.762. The first-order valence-electron chi connectivity index (χ1n) is 3.19. The minimum atomic E-state index is -2.83. The molecule has 0 aliphatic rings. The van der Waals surface area contributed by atoms with Crippen molar-refractivity contribution in [1.82, 2.24) is 4.98 Å². The predicted molar refractivity (Wildman–Crippen MR) is 37.3 cm³/mol. The third-order valence-electron chi connectivity index (χ3n) is 1.51. The molecule has 2 N–H and O–H groups in total. The van der Waals surface area contributed by atoms with E-state index in [9.17, 15) is 8.78 Å². The van der Waals surface area contributed by atoms with Gasteiger partial charge in [-0.05, 0) is 6.92 Å². The largest absolute Gasteiger partial charge is 0.506 e. The lowest BCUT2D eigenvalue weighted by molar-refractivity contribution is 0.141. The van der Waals surface area contributed by atoms with E-state index in [0.29, 0.717) is 0 Å². The van der Waals surface area contributed by atoms with Gasteiger partial charge in [0.2, 0.25) is 0 Å². The molecule has 5 heteroatoms. The van der Waals surface area contributed by atoms with E-state index >= 15 is 0 Å². The predicted octanol–water partition coefficient (Wildman–Crippen LogP) is 1.74. The Morgan fingerprint density at radius 1 is 1.42 bits per heavy atom. The summed E-state index contributed by atoms with van der Waals surface area (Å²) >= 11 is 0. The maximum atomic E-state index is 12.0. The quantitative estimate of drug-likeness (QED) is 0.683. The summed E-state index contributed by atoms with van der Waals surface area (Å²) in [6, 6.07) is 0. The van der Waals surface area contributed by atoms with E-state index in [0.717, 1.165) is 6.20 Å². The summed E-state index contributed by atoms with van der Waals surface area (Å²) in [5, 5.41) is 18.0. The van der Waals surface area contributed by atoms with Crippen LogP contribution < -0.4 is 0 Å². The van der Waals surface area contributed by atoms with E-state index in [4.69, 9.17) is 10.2 Å². The number of halogens is 2. The molecular formula is C7H7F2NO2. The summed E-state index contributed by atoms with van der Waals surface area (Å²) in [5.74, 6) is -0.943. The Morgan fingerprint density at radius 2 is 2.00 bits per heavy atom. The molecule has 0 saturated heterocycles. The molecule has 0 bridgehead atoms. The fourth-order valence-corrected chi connectivity index (χ4v) is 0.762. The van der Waals surface area contributed by atoms with Crippen LogP contribution >= 0.6 is 0 Å². The van der Waals surface area contributed by atoms with Gasteiger partial charge in [-0.25, -0.2) is 13.8 Å². The van der Waals surface area contributed by atoms with E-state index in [1.807, 2.05) is 0 Å². The highest BCUT2D eigenvalue weighted by atomic mass is 19.3. The Kier molecular flexibility index (Phi) is 2.12. The summed E-state index contributed by atoms with van der Waals surface area (Å²) in [6.45, 7) is 1.33. The van der Waals surface area contributed by atoms with Crippen LogP contribution in [-0.4, -0.2) is 15.2 Å². The monoisotopic (exact) mass is 175 g/mol. The molecule has 12 heavy (non-hydrogen) atoms.